The Morgan fingerprint density at radius 2 is 1.72 bits per heavy atom. The molecule has 12 heteroatoms. The smallest absolute Gasteiger partial charge is 0.355 e. The summed E-state index contributed by atoms with van der Waals surface area (Å²) in [6.45, 7) is 6.39. The third-order valence-electron chi connectivity index (χ3n) is 5.81. The zero-order chi connectivity index (χ0) is 29.1. The normalized spacial score (nSPS) is 15.5. The molecule has 0 radical (unpaired) electrons. The van der Waals surface area contributed by atoms with Gasteiger partial charge in [-0.3, -0.25) is 9.59 Å². The van der Waals surface area contributed by atoms with E-state index in [-0.39, 0.29) is 37.8 Å². The number of alkyl halides is 3. The first-order valence-corrected chi connectivity index (χ1v) is 14.0. The van der Waals surface area contributed by atoms with E-state index in [4.69, 9.17) is 5.26 Å². The van der Waals surface area contributed by atoms with Crippen molar-refractivity contribution in [3.8, 4) is 6.07 Å². The first kappa shape index (κ1) is 31.8. The van der Waals surface area contributed by atoms with Crippen LogP contribution in [0.2, 0.25) is 0 Å². The highest BCUT2D eigenvalue weighted by atomic mass is 32.2. The quantitative estimate of drug-likeness (QED) is 0.509. The average Bonchev–Trinajstić information content (AvgIpc) is 3.42. The van der Waals surface area contributed by atoms with Crippen LogP contribution < -0.4 is 5.32 Å². The van der Waals surface area contributed by atoms with Crippen molar-refractivity contribution >= 4 is 22.3 Å². The van der Waals surface area contributed by atoms with E-state index in [0.717, 1.165) is 38.1 Å². The van der Waals surface area contributed by atoms with Gasteiger partial charge in [-0.15, -0.1) is 0 Å². The summed E-state index contributed by atoms with van der Waals surface area (Å²) in [6.07, 6.45) is -0.575. The van der Waals surface area contributed by atoms with Crippen LogP contribution in [-0.2, 0) is 27.5 Å². The summed E-state index contributed by atoms with van der Waals surface area (Å²) >= 11 is 0. The Labute approximate surface area is 228 Å². The van der Waals surface area contributed by atoms with Crippen LogP contribution in [0.15, 0.2) is 53.4 Å². The van der Waals surface area contributed by atoms with Gasteiger partial charge >= 0.3 is 6.18 Å². The van der Waals surface area contributed by atoms with Crippen LogP contribution in [-0.4, -0.2) is 56.1 Å². The molecule has 0 saturated carbocycles. The number of nitriles is 1. The second-order valence-corrected chi connectivity index (χ2v) is 11.0. The Bertz CT molecular complexity index is 1240. The van der Waals surface area contributed by atoms with Crippen LogP contribution in [0, 0.1) is 17.2 Å². The maximum Gasteiger partial charge on any atom is 0.416 e. The predicted octanol–water partition coefficient (Wildman–Crippen LogP) is 4.68. The number of carbonyl (C=O) groups excluding carboxylic acids is 2. The fraction of sp³-hybridized carbons (Fsp3) is 0.444. The Hall–Kier alpha value is -3.43. The lowest BCUT2D eigenvalue weighted by Crippen LogP contribution is -2.49. The van der Waals surface area contributed by atoms with E-state index in [1.807, 2.05) is 0 Å². The fourth-order valence-corrected chi connectivity index (χ4v) is 5.31. The molecule has 214 valence electrons. The van der Waals surface area contributed by atoms with Gasteiger partial charge in [-0.1, -0.05) is 38.5 Å². The van der Waals surface area contributed by atoms with Crippen LogP contribution in [0.1, 0.15) is 56.0 Å². The van der Waals surface area contributed by atoms with Crippen molar-refractivity contribution in [3.63, 3.8) is 0 Å². The number of halogens is 3. The van der Waals surface area contributed by atoms with Crippen LogP contribution in [0.25, 0.3) is 0 Å². The van der Waals surface area contributed by atoms with Gasteiger partial charge in [0, 0.05) is 39.7 Å². The molecule has 0 unspecified atom stereocenters. The van der Waals surface area contributed by atoms with Gasteiger partial charge in [0.1, 0.15) is 0 Å². The van der Waals surface area contributed by atoms with Crippen molar-refractivity contribution in [1.82, 2.24) is 14.5 Å². The molecule has 2 aliphatic heterocycles. The summed E-state index contributed by atoms with van der Waals surface area (Å²) in [5, 5.41) is 11.1. The van der Waals surface area contributed by atoms with Gasteiger partial charge in [0.15, 0.2) is 0 Å². The molecule has 2 amide bonds. The van der Waals surface area contributed by atoms with E-state index in [2.05, 4.69) is 25.2 Å². The second kappa shape index (κ2) is 14.6. The van der Waals surface area contributed by atoms with Crippen LogP contribution in [0.3, 0.4) is 0 Å². The number of hydrogen-bond acceptors (Lipinski definition) is 5. The van der Waals surface area contributed by atoms with Crippen molar-refractivity contribution < 1.29 is 32.6 Å². The molecule has 8 nitrogen and oxygen atoms in total. The summed E-state index contributed by atoms with van der Waals surface area (Å²) in [6, 6.07) is 12.9. The number of likely N-dealkylation sites (tertiary alicyclic amines) is 1. The molecule has 39 heavy (non-hydrogen) atoms. The van der Waals surface area contributed by atoms with Gasteiger partial charge in [-0.2, -0.15) is 22.7 Å². The number of rotatable bonds is 6. The maximum atomic E-state index is 12.5. The minimum absolute atomic E-state index is 0. The van der Waals surface area contributed by atoms with Crippen LogP contribution >= 0.6 is 0 Å². The lowest BCUT2D eigenvalue weighted by Gasteiger charge is -2.34. The van der Waals surface area contributed by atoms with E-state index in [0.29, 0.717) is 17.5 Å². The first-order chi connectivity index (χ1) is 18.5. The largest absolute Gasteiger partial charge is 0.416 e. The molecule has 2 aromatic carbocycles. The molecular weight excluding hydrogens is 533 g/mol. The topological polar surface area (TPSA) is 111 Å². The number of benzene rings is 2. The zero-order valence-corrected chi connectivity index (χ0v) is 22.8. The van der Waals surface area contributed by atoms with Gasteiger partial charge in [0.25, 0.3) is 5.91 Å². The lowest BCUT2D eigenvalue weighted by molar-refractivity contribution is -0.137. The second-order valence-electron chi connectivity index (χ2n) is 9.08. The van der Waals surface area contributed by atoms with Crippen LogP contribution in [0.5, 0.6) is 0 Å². The molecule has 2 heterocycles. The number of nitrogens with zero attached hydrogens (tertiary/aromatic N) is 3. The maximum absolute atomic E-state index is 12.5. The molecule has 4 rings (SSSR count). The van der Waals surface area contributed by atoms with Crippen molar-refractivity contribution in [3.05, 3.63) is 65.2 Å². The van der Waals surface area contributed by atoms with E-state index in [9.17, 15) is 31.2 Å². The molecule has 0 atom stereocenters. The Kier molecular flexibility index (Phi) is 11.9. The molecule has 2 saturated heterocycles. The number of amides is 2. The summed E-state index contributed by atoms with van der Waals surface area (Å²) in [5.74, 6) is -0.350. The van der Waals surface area contributed by atoms with Crippen LogP contribution in [0.4, 0.5) is 13.2 Å². The third kappa shape index (κ3) is 9.07. The summed E-state index contributed by atoms with van der Waals surface area (Å²) in [5.41, 5.74) is 0.345. The molecule has 0 spiro atoms. The number of hydrogen-bond donors (Lipinski definition) is 1. The molecule has 2 aromatic rings. The number of nitrogens with one attached hydrogen (secondary N) is 1. The molecule has 0 aliphatic carbocycles. The Balaban J connectivity index is 0.000000385. The molecule has 2 fully saturated rings. The van der Waals surface area contributed by atoms with E-state index < -0.39 is 21.8 Å². The molecule has 0 aromatic heterocycles. The van der Waals surface area contributed by atoms with Crippen molar-refractivity contribution in [2.24, 2.45) is 5.92 Å². The van der Waals surface area contributed by atoms with E-state index in [1.54, 1.807) is 17.0 Å². The standard InChI is InChI=1S/C15H17N3O3S.C9H8F3NO.C3H8.H2/c16-9-12-10-18(11-12)22(20,21)14-5-3-4-13(8-14)15(19)17-6-1-2-7-17;10-9(11,12)8-3-1-7(2-4-8)5-13-6-14;1-3-2;/h3-5,8,12H,1-2,6-7,10-11H2;1-4,6H,5H2,(H,13,14);3H2,1-2H3;1H. The molecule has 1 N–H and O–H groups in total. The minimum atomic E-state index is -4.31. The van der Waals surface area contributed by atoms with Gasteiger partial charge in [-0.25, -0.2) is 8.42 Å². The number of sulfonamides is 1. The highest BCUT2D eigenvalue weighted by Crippen LogP contribution is 2.29. The van der Waals surface area contributed by atoms with Gasteiger partial charge in [0.05, 0.1) is 22.4 Å². The lowest BCUT2D eigenvalue weighted by atomic mass is 10.1. The molecule has 2 aliphatic rings. The average molecular weight is 569 g/mol. The van der Waals surface area contributed by atoms with Gasteiger partial charge in [-0.05, 0) is 48.7 Å². The Morgan fingerprint density at radius 3 is 2.23 bits per heavy atom. The fourth-order valence-electron chi connectivity index (χ4n) is 3.73. The minimum Gasteiger partial charge on any atom is -0.355 e. The predicted molar refractivity (Wildman–Crippen MR) is 142 cm³/mol. The summed E-state index contributed by atoms with van der Waals surface area (Å²) in [7, 11) is -3.61. The molecule has 0 bridgehead atoms. The summed E-state index contributed by atoms with van der Waals surface area (Å²) < 4.78 is 62.5. The number of carbonyl (C=O) groups is 2. The van der Waals surface area contributed by atoms with Gasteiger partial charge < -0.3 is 10.2 Å². The van der Waals surface area contributed by atoms with Crippen molar-refractivity contribution in [1.29, 1.82) is 5.26 Å². The van der Waals surface area contributed by atoms with Crippen molar-refractivity contribution in [2.75, 3.05) is 26.2 Å². The SMILES string of the molecule is CCC.N#CC1CN(S(=O)(=O)c2cccc(C(=O)N3CCCC3)c2)C1.O=CNCc1ccc(C(F)(F)F)cc1.[HH]. The van der Waals surface area contributed by atoms with E-state index in [1.165, 1.54) is 35.0 Å². The van der Waals surface area contributed by atoms with E-state index >= 15 is 0 Å². The molecular formula is C27H35F3N4O4S. The van der Waals surface area contributed by atoms with Crippen molar-refractivity contribution in [2.45, 2.75) is 50.7 Å². The van der Waals surface area contributed by atoms with Gasteiger partial charge in [0.2, 0.25) is 16.4 Å². The first-order valence-electron chi connectivity index (χ1n) is 12.6. The highest BCUT2D eigenvalue weighted by Gasteiger charge is 2.37. The third-order valence-corrected chi connectivity index (χ3v) is 7.64. The summed E-state index contributed by atoms with van der Waals surface area (Å²) in [4.78, 5) is 24.1. The zero-order valence-electron chi connectivity index (χ0n) is 21.9. The monoisotopic (exact) mass is 568 g/mol. The highest BCUT2D eigenvalue weighted by molar-refractivity contribution is 7.89. The Morgan fingerprint density at radius 1 is 1.13 bits per heavy atom.